The molecule has 2 aromatic heterocycles. The van der Waals surface area contributed by atoms with Gasteiger partial charge in [-0.25, -0.2) is 4.98 Å². The number of nitriles is 2. The molecule has 3 heterocycles. The number of carbonyl (C=O) groups excluding carboxylic acids is 1. The van der Waals surface area contributed by atoms with Gasteiger partial charge < -0.3 is 9.88 Å². The summed E-state index contributed by atoms with van der Waals surface area (Å²) < 4.78 is 42.6. The maximum atomic E-state index is 13.6. The lowest BCUT2D eigenvalue weighted by Crippen LogP contribution is -2.24. The summed E-state index contributed by atoms with van der Waals surface area (Å²) >= 11 is 0. The highest BCUT2D eigenvalue weighted by Crippen LogP contribution is 2.40. The number of pyridine rings is 1. The lowest BCUT2D eigenvalue weighted by atomic mass is 9.97. The maximum absolute atomic E-state index is 13.6. The van der Waals surface area contributed by atoms with Gasteiger partial charge in [0.15, 0.2) is 5.82 Å². The molecule has 0 saturated heterocycles. The number of benzene rings is 2. The monoisotopic (exact) mass is 514 g/mol. The standard InChI is InChI=1S/C26H17F3N8O/c1-36-14-33-35-24(36)17-6-5-15(12-31)9-19(17)16-10-22(32-8-7-30)34-23(11-16)37-13-20-18(25(37)38)3-2-4-21(20)26(27,28)29/h2-6,9-11,14H,8,13H2,1H3,(H,32,34). The molecular weight excluding hydrogens is 497 g/mol. The number of fused-ring (bicyclic) bond motifs is 1. The Morgan fingerprint density at radius 1 is 1.08 bits per heavy atom. The van der Waals surface area contributed by atoms with E-state index in [1.807, 2.05) is 6.07 Å². The van der Waals surface area contributed by atoms with E-state index in [1.54, 1.807) is 41.9 Å². The average molecular weight is 514 g/mol. The molecule has 0 aliphatic carbocycles. The average Bonchev–Trinajstić information content (AvgIpc) is 3.49. The number of aryl methyl sites for hydroxylation is 1. The van der Waals surface area contributed by atoms with Crippen LogP contribution in [0.1, 0.15) is 27.0 Å². The van der Waals surface area contributed by atoms with Crippen LogP contribution in [-0.4, -0.2) is 32.2 Å². The Hall–Kier alpha value is -5.23. The Morgan fingerprint density at radius 2 is 1.89 bits per heavy atom. The number of amides is 1. The minimum atomic E-state index is -4.63. The number of nitrogens with one attached hydrogen (secondary N) is 1. The zero-order valence-electron chi connectivity index (χ0n) is 19.8. The van der Waals surface area contributed by atoms with Crippen molar-refractivity contribution in [3.8, 4) is 34.7 Å². The first kappa shape index (κ1) is 24.5. The molecule has 2 aromatic carbocycles. The van der Waals surface area contributed by atoms with E-state index in [9.17, 15) is 23.2 Å². The van der Waals surface area contributed by atoms with E-state index >= 15 is 0 Å². The summed E-state index contributed by atoms with van der Waals surface area (Å²) in [7, 11) is 1.76. The third-order valence-corrected chi connectivity index (χ3v) is 6.12. The molecule has 0 saturated carbocycles. The van der Waals surface area contributed by atoms with Gasteiger partial charge in [-0.3, -0.25) is 9.69 Å². The van der Waals surface area contributed by atoms with Crippen LogP contribution in [0.25, 0.3) is 22.5 Å². The summed E-state index contributed by atoms with van der Waals surface area (Å²) in [6, 6.07) is 15.7. The van der Waals surface area contributed by atoms with Crippen molar-refractivity contribution >= 4 is 17.5 Å². The van der Waals surface area contributed by atoms with E-state index in [4.69, 9.17) is 5.26 Å². The van der Waals surface area contributed by atoms with Gasteiger partial charge in [-0.05, 0) is 59.2 Å². The molecule has 0 spiro atoms. The van der Waals surface area contributed by atoms with Crippen LogP contribution in [0.15, 0.2) is 54.9 Å². The van der Waals surface area contributed by atoms with E-state index in [1.165, 1.54) is 18.5 Å². The molecule has 38 heavy (non-hydrogen) atoms. The van der Waals surface area contributed by atoms with Crippen molar-refractivity contribution in [2.75, 3.05) is 16.8 Å². The molecule has 1 N–H and O–H groups in total. The van der Waals surface area contributed by atoms with Gasteiger partial charge in [-0.1, -0.05) is 6.07 Å². The van der Waals surface area contributed by atoms with Gasteiger partial charge in [0.05, 0.1) is 29.8 Å². The highest BCUT2D eigenvalue weighted by Gasteiger charge is 2.40. The van der Waals surface area contributed by atoms with Gasteiger partial charge in [0.2, 0.25) is 0 Å². The summed E-state index contributed by atoms with van der Waals surface area (Å²) in [5, 5.41) is 29.5. The molecule has 0 bridgehead atoms. The van der Waals surface area contributed by atoms with Crippen molar-refractivity contribution in [1.29, 1.82) is 10.5 Å². The quantitative estimate of drug-likeness (QED) is 0.388. The molecule has 0 unspecified atom stereocenters. The van der Waals surface area contributed by atoms with Crippen LogP contribution in [0, 0.1) is 22.7 Å². The largest absolute Gasteiger partial charge is 0.416 e. The van der Waals surface area contributed by atoms with Gasteiger partial charge in [0.1, 0.15) is 24.5 Å². The van der Waals surface area contributed by atoms with Crippen LogP contribution >= 0.6 is 0 Å². The molecular formula is C26H17F3N8O. The maximum Gasteiger partial charge on any atom is 0.416 e. The summed E-state index contributed by atoms with van der Waals surface area (Å²) in [5.41, 5.74) is 0.989. The molecule has 0 atom stereocenters. The van der Waals surface area contributed by atoms with Crippen molar-refractivity contribution in [1.82, 2.24) is 19.7 Å². The van der Waals surface area contributed by atoms with Crippen LogP contribution in [0.5, 0.6) is 0 Å². The second kappa shape index (κ2) is 9.33. The number of hydrogen-bond acceptors (Lipinski definition) is 7. The van der Waals surface area contributed by atoms with Gasteiger partial charge in [-0.2, -0.15) is 23.7 Å². The van der Waals surface area contributed by atoms with Crippen LogP contribution in [0.3, 0.4) is 0 Å². The predicted octanol–water partition coefficient (Wildman–Crippen LogP) is 4.53. The fourth-order valence-electron chi connectivity index (χ4n) is 4.39. The minimum absolute atomic E-state index is 0.0511. The molecule has 0 radical (unpaired) electrons. The second-order valence-corrected chi connectivity index (χ2v) is 8.47. The van der Waals surface area contributed by atoms with Gasteiger partial charge in [0, 0.05) is 18.2 Å². The van der Waals surface area contributed by atoms with Crippen LogP contribution in [0.2, 0.25) is 0 Å². The molecule has 9 nitrogen and oxygen atoms in total. The normalized spacial score (nSPS) is 12.7. The van der Waals surface area contributed by atoms with Gasteiger partial charge >= 0.3 is 6.18 Å². The molecule has 1 amide bonds. The van der Waals surface area contributed by atoms with Crippen molar-refractivity contribution in [3.63, 3.8) is 0 Å². The van der Waals surface area contributed by atoms with Crippen molar-refractivity contribution in [2.45, 2.75) is 12.7 Å². The minimum Gasteiger partial charge on any atom is -0.357 e. The first-order chi connectivity index (χ1) is 18.2. The van der Waals surface area contributed by atoms with Crippen LogP contribution < -0.4 is 10.2 Å². The number of anilines is 2. The second-order valence-electron chi connectivity index (χ2n) is 8.47. The number of aromatic nitrogens is 4. The first-order valence-corrected chi connectivity index (χ1v) is 11.2. The Bertz CT molecular complexity index is 1660. The number of carbonyl (C=O) groups is 1. The third kappa shape index (κ3) is 4.29. The highest BCUT2D eigenvalue weighted by molar-refractivity contribution is 6.10. The lowest BCUT2D eigenvalue weighted by Gasteiger charge is -2.19. The third-order valence-electron chi connectivity index (χ3n) is 6.12. The van der Waals surface area contributed by atoms with Crippen molar-refractivity contribution in [3.05, 3.63) is 77.1 Å². The Labute approximate surface area is 214 Å². The summed E-state index contributed by atoms with van der Waals surface area (Å²) in [5.74, 6) is 0.198. The van der Waals surface area contributed by atoms with E-state index in [0.717, 1.165) is 11.0 Å². The van der Waals surface area contributed by atoms with E-state index in [-0.39, 0.29) is 35.9 Å². The number of hydrogen-bond donors (Lipinski definition) is 1. The Morgan fingerprint density at radius 3 is 2.58 bits per heavy atom. The summed E-state index contributed by atoms with van der Waals surface area (Å²) in [6.45, 7) is -0.428. The van der Waals surface area contributed by atoms with E-state index in [0.29, 0.717) is 28.1 Å². The SMILES string of the molecule is Cn1cnnc1-c1ccc(C#N)cc1-c1cc(NCC#N)nc(N2Cc3c(cccc3C(F)(F)F)C2=O)c1. The molecule has 188 valence electrons. The van der Waals surface area contributed by atoms with Crippen LogP contribution in [0.4, 0.5) is 24.8 Å². The number of rotatable bonds is 5. The Kier molecular flexibility index (Phi) is 6.01. The van der Waals surface area contributed by atoms with Crippen LogP contribution in [-0.2, 0) is 19.8 Å². The van der Waals surface area contributed by atoms with E-state index < -0.39 is 17.6 Å². The summed E-state index contributed by atoms with van der Waals surface area (Å²) in [6.07, 6.45) is -3.10. The van der Waals surface area contributed by atoms with Gasteiger partial charge in [0.25, 0.3) is 5.91 Å². The highest BCUT2D eigenvalue weighted by atomic mass is 19.4. The van der Waals surface area contributed by atoms with Gasteiger partial charge in [-0.15, -0.1) is 10.2 Å². The Balaban J connectivity index is 1.67. The number of nitrogens with zero attached hydrogens (tertiary/aromatic N) is 7. The molecule has 1 aliphatic heterocycles. The smallest absolute Gasteiger partial charge is 0.357 e. The number of halogens is 3. The topological polar surface area (TPSA) is 124 Å². The van der Waals surface area contributed by atoms with Crippen molar-refractivity contribution in [2.24, 2.45) is 7.05 Å². The lowest BCUT2D eigenvalue weighted by molar-refractivity contribution is -0.138. The first-order valence-electron chi connectivity index (χ1n) is 11.2. The fraction of sp³-hybridized carbons (Fsp3) is 0.154. The molecule has 12 heteroatoms. The zero-order valence-corrected chi connectivity index (χ0v) is 19.8. The summed E-state index contributed by atoms with van der Waals surface area (Å²) in [4.78, 5) is 18.8. The molecule has 1 aliphatic rings. The molecule has 5 rings (SSSR count). The fourth-order valence-corrected chi connectivity index (χ4v) is 4.39. The molecule has 0 fully saturated rings. The van der Waals surface area contributed by atoms with Crippen molar-refractivity contribution < 1.29 is 18.0 Å². The molecule has 4 aromatic rings. The zero-order chi connectivity index (χ0) is 27.0. The predicted molar refractivity (Wildman–Crippen MR) is 130 cm³/mol. The van der Waals surface area contributed by atoms with E-state index in [2.05, 4.69) is 26.6 Å². The number of alkyl halides is 3.